The highest BCUT2D eigenvalue weighted by Gasteiger charge is 2.40. The zero-order valence-electron chi connectivity index (χ0n) is 11.0. The van der Waals surface area contributed by atoms with Crippen LogP contribution in [-0.4, -0.2) is 66.3 Å². The van der Waals surface area contributed by atoms with Gasteiger partial charge in [-0.1, -0.05) is 5.21 Å². The lowest BCUT2D eigenvalue weighted by Gasteiger charge is -2.15. The van der Waals surface area contributed by atoms with Gasteiger partial charge in [0.2, 0.25) is 0 Å². The average molecular weight is 305 g/mol. The second-order valence-electron chi connectivity index (χ2n) is 4.47. The summed E-state index contributed by atoms with van der Waals surface area (Å²) < 4.78 is 33.9. The summed E-state index contributed by atoms with van der Waals surface area (Å²) in [5.74, 6) is -1.29. The summed E-state index contributed by atoms with van der Waals surface area (Å²) in [5, 5.41) is 17.3. The van der Waals surface area contributed by atoms with Crippen molar-refractivity contribution in [2.45, 2.75) is 18.8 Å². The van der Waals surface area contributed by atoms with E-state index in [2.05, 4.69) is 15.0 Å². The van der Waals surface area contributed by atoms with Gasteiger partial charge in [0.25, 0.3) is 0 Å². The number of carbonyl (C=O) groups is 1. The van der Waals surface area contributed by atoms with Crippen LogP contribution in [0.2, 0.25) is 0 Å². The van der Waals surface area contributed by atoms with E-state index in [-0.39, 0.29) is 29.5 Å². The van der Waals surface area contributed by atoms with E-state index in [0.717, 1.165) is 0 Å². The van der Waals surface area contributed by atoms with Gasteiger partial charge in [-0.25, -0.2) is 17.9 Å². The van der Waals surface area contributed by atoms with E-state index in [9.17, 15) is 18.3 Å². The molecule has 0 bridgehead atoms. The Morgan fingerprint density at radius 1 is 1.45 bits per heavy atom. The van der Waals surface area contributed by atoms with Crippen LogP contribution in [0.4, 0.5) is 0 Å². The molecule has 2 atom stereocenters. The summed E-state index contributed by atoms with van der Waals surface area (Å²) in [5.41, 5.74) is 0.228. The number of aromatic nitrogens is 3. The Morgan fingerprint density at radius 2 is 2.15 bits per heavy atom. The Kier molecular flexibility index (Phi) is 4.06. The van der Waals surface area contributed by atoms with Crippen LogP contribution in [0.25, 0.3) is 0 Å². The number of rotatable bonds is 4. The highest BCUT2D eigenvalue weighted by atomic mass is 32.2. The molecule has 1 aliphatic rings. The van der Waals surface area contributed by atoms with Gasteiger partial charge >= 0.3 is 5.97 Å². The number of aliphatic hydroxyl groups excluding tert-OH is 1. The van der Waals surface area contributed by atoms with Crippen molar-refractivity contribution >= 4 is 15.8 Å². The molecule has 0 spiro atoms. The van der Waals surface area contributed by atoms with Crippen molar-refractivity contribution in [1.29, 1.82) is 0 Å². The molecule has 1 fully saturated rings. The van der Waals surface area contributed by atoms with Gasteiger partial charge in [0.05, 0.1) is 43.1 Å². The first-order chi connectivity index (χ1) is 9.39. The zero-order chi connectivity index (χ0) is 14.9. The fraction of sp³-hybridized carbons (Fsp3) is 0.700. The molecule has 0 radical (unpaired) electrons. The van der Waals surface area contributed by atoms with Gasteiger partial charge in [-0.15, -0.1) is 5.10 Å². The number of sulfone groups is 1. The Hall–Kier alpha value is -1.52. The number of esters is 1. The predicted octanol–water partition coefficient (Wildman–Crippen LogP) is -1.46. The van der Waals surface area contributed by atoms with E-state index in [4.69, 9.17) is 4.74 Å². The van der Waals surface area contributed by atoms with Crippen LogP contribution in [-0.2, 0) is 25.9 Å². The summed E-state index contributed by atoms with van der Waals surface area (Å²) in [6.45, 7) is 0.000695. The SMILES string of the molecule is COCc1c(C(=O)OC)nnn1C1CS(=O)(=O)CC1O. The topological polar surface area (TPSA) is 121 Å². The second-order valence-corrected chi connectivity index (χ2v) is 6.62. The Labute approximate surface area is 115 Å². The molecule has 1 aromatic rings. The first-order valence-electron chi connectivity index (χ1n) is 5.79. The second kappa shape index (κ2) is 5.46. The zero-order valence-corrected chi connectivity index (χ0v) is 11.8. The third kappa shape index (κ3) is 2.67. The standard InChI is InChI=1S/C10H15N3O6S/c1-18-3-6-9(10(15)19-2)11-12-13(6)7-4-20(16,17)5-8(7)14/h7-8,14H,3-5H2,1-2H3. The third-order valence-corrected chi connectivity index (χ3v) is 4.76. The predicted molar refractivity (Wildman–Crippen MR) is 65.8 cm³/mol. The summed E-state index contributed by atoms with van der Waals surface area (Å²) in [7, 11) is -0.719. The lowest BCUT2D eigenvalue weighted by Crippen LogP contribution is -2.25. The molecule has 1 aromatic heterocycles. The fourth-order valence-electron chi connectivity index (χ4n) is 2.15. The van der Waals surface area contributed by atoms with Crippen molar-refractivity contribution in [3.8, 4) is 0 Å². The van der Waals surface area contributed by atoms with E-state index >= 15 is 0 Å². The molecule has 2 heterocycles. The average Bonchev–Trinajstić information content (AvgIpc) is 2.89. The van der Waals surface area contributed by atoms with Crippen molar-refractivity contribution in [2.24, 2.45) is 0 Å². The van der Waals surface area contributed by atoms with E-state index < -0.39 is 28.0 Å². The summed E-state index contributed by atoms with van der Waals surface area (Å²) in [6, 6.07) is -0.781. The minimum absolute atomic E-state index is 0.000695. The normalized spacial score (nSPS) is 24.8. The molecule has 10 heteroatoms. The molecule has 1 N–H and O–H groups in total. The van der Waals surface area contributed by atoms with Gasteiger partial charge in [-0.3, -0.25) is 0 Å². The van der Waals surface area contributed by atoms with E-state index in [1.807, 2.05) is 0 Å². The number of hydrogen-bond acceptors (Lipinski definition) is 8. The van der Waals surface area contributed by atoms with Crippen LogP contribution < -0.4 is 0 Å². The van der Waals surface area contributed by atoms with Crippen molar-refractivity contribution < 1.29 is 27.8 Å². The van der Waals surface area contributed by atoms with Gasteiger partial charge in [-0.05, 0) is 0 Å². The molecule has 0 aliphatic carbocycles. The van der Waals surface area contributed by atoms with Crippen molar-refractivity contribution in [3.05, 3.63) is 11.4 Å². The maximum atomic E-state index is 11.6. The van der Waals surface area contributed by atoms with Crippen LogP contribution in [0.15, 0.2) is 0 Å². The summed E-state index contributed by atoms with van der Waals surface area (Å²) in [4.78, 5) is 11.6. The van der Waals surface area contributed by atoms with Gasteiger partial charge in [0.1, 0.15) is 0 Å². The number of ether oxygens (including phenoxy) is 2. The van der Waals surface area contributed by atoms with Gasteiger partial charge in [0.15, 0.2) is 15.5 Å². The lowest BCUT2D eigenvalue weighted by molar-refractivity contribution is 0.0587. The maximum Gasteiger partial charge on any atom is 0.360 e. The van der Waals surface area contributed by atoms with Crippen LogP contribution in [0.3, 0.4) is 0 Å². The maximum absolute atomic E-state index is 11.6. The number of hydrogen-bond donors (Lipinski definition) is 1. The highest BCUT2D eigenvalue weighted by Crippen LogP contribution is 2.26. The molecule has 112 valence electrons. The summed E-state index contributed by atoms with van der Waals surface area (Å²) >= 11 is 0. The lowest BCUT2D eigenvalue weighted by atomic mass is 10.2. The molecular formula is C10H15N3O6S. The van der Waals surface area contributed by atoms with Crippen molar-refractivity contribution in [2.75, 3.05) is 25.7 Å². The molecular weight excluding hydrogens is 290 g/mol. The van der Waals surface area contributed by atoms with E-state index in [1.54, 1.807) is 0 Å². The first kappa shape index (κ1) is 14.9. The number of methoxy groups -OCH3 is 2. The quantitative estimate of drug-likeness (QED) is 0.670. The molecule has 1 saturated heterocycles. The van der Waals surface area contributed by atoms with Gasteiger partial charge < -0.3 is 14.6 Å². The highest BCUT2D eigenvalue weighted by molar-refractivity contribution is 7.91. The van der Waals surface area contributed by atoms with Crippen molar-refractivity contribution in [3.63, 3.8) is 0 Å². The third-order valence-electron chi connectivity index (χ3n) is 3.06. The molecule has 0 amide bonds. The number of nitrogens with zero attached hydrogens (tertiary/aromatic N) is 3. The minimum atomic E-state index is -3.34. The largest absolute Gasteiger partial charge is 0.464 e. The molecule has 9 nitrogen and oxygen atoms in total. The molecule has 2 unspecified atom stereocenters. The Balaban J connectivity index is 2.42. The number of carbonyl (C=O) groups excluding carboxylic acids is 1. The van der Waals surface area contributed by atoms with Crippen LogP contribution in [0, 0.1) is 0 Å². The fourth-order valence-corrected chi connectivity index (χ4v) is 3.91. The minimum Gasteiger partial charge on any atom is -0.464 e. The molecule has 2 rings (SSSR count). The molecule has 0 saturated carbocycles. The van der Waals surface area contributed by atoms with Crippen LogP contribution >= 0.6 is 0 Å². The van der Waals surface area contributed by atoms with E-state index in [1.165, 1.54) is 18.9 Å². The Morgan fingerprint density at radius 3 is 2.65 bits per heavy atom. The summed E-state index contributed by atoms with van der Waals surface area (Å²) in [6.07, 6.45) is -1.09. The smallest absolute Gasteiger partial charge is 0.360 e. The van der Waals surface area contributed by atoms with Gasteiger partial charge in [-0.2, -0.15) is 0 Å². The first-order valence-corrected chi connectivity index (χ1v) is 7.61. The molecule has 0 aromatic carbocycles. The Bertz CT molecular complexity index is 611. The van der Waals surface area contributed by atoms with Crippen molar-refractivity contribution in [1.82, 2.24) is 15.0 Å². The van der Waals surface area contributed by atoms with Crippen LogP contribution in [0.5, 0.6) is 0 Å². The van der Waals surface area contributed by atoms with Crippen LogP contribution in [0.1, 0.15) is 22.2 Å². The molecule has 1 aliphatic heterocycles. The van der Waals surface area contributed by atoms with Gasteiger partial charge in [0, 0.05) is 7.11 Å². The number of aliphatic hydroxyl groups is 1. The molecule has 20 heavy (non-hydrogen) atoms. The van der Waals surface area contributed by atoms with E-state index in [0.29, 0.717) is 0 Å². The monoisotopic (exact) mass is 305 g/mol.